The fourth-order valence-electron chi connectivity index (χ4n) is 3.53. The third-order valence-electron chi connectivity index (χ3n) is 5.17. The molecule has 30 heavy (non-hydrogen) atoms. The highest BCUT2D eigenvalue weighted by Gasteiger charge is 2.37. The molecule has 1 saturated carbocycles. The van der Waals surface area contributed by atoms with Crippen LogP contribution in [-0.4, -0.2) is 29.7 Å². The molecule has 0 radical (unpaired) electrons. The first-order chi connectivity index (χ1) is 14.4. The molecule has 1 aromatic heterocycles. The van der Waals surface area contributed by atoms with Gasteiger partial charge in [-0.25, -0.2) is 4.98 Å². The highest BCUT2D eigenvalue weighted by Crippen LogP contribution is 2.40. The Labute approximate surface area is 175 Å². The number of aromatic nitrogens is 2. The minimum Gasteiger partial charge on any atom is -0.488 e. The lowest BCUT2D eigenvalue weighted by Gasteiger charge is -2.25. The summed E-state index contributed by atoms with van der Waals surface area (Å²) >= 11 is 0. The first-order valence-electron chi connectivity index (χ1n) is 10.5. The van der Waals surface area contributed by atoms with Crippen molar-refractivity contribution in [1.82, 2.24) is 9.97 Å². The Bertz CT molecular complexity index is 824. The van der Waals surface area contributed by atoms with E-state index >= 15 is 0 Å². The Hall–Kier alpha value is -2.51. The van der Waals surface area contributed by atoms with Crippen LogP contribution < -0.4 is 14.4 Å². The number of rotatable bonds is 9. The number of benzene rings is 1. The molecule has 1 aliphatic carbocycles. The molecule has 5 nitrogen and oxygen atoms in total. The molecule has 1 aromatic carbocycles. The van der Waals surface area contributed by atoms with Crippen LogP contribution >= 0.6 is 0 Å². The van der Waals surface area contributed by atoms with Gasteiger partial charge in [0.2, 0.25) is 0 Å². The van der Waals surface area contributed by atoms with Crippen molar-refractivity contribution in [2.75, 3.05) is 18.6 Å². The molecule has 0 amide bonds. The average molecular weight is 423 g/mol. The van der Waals surface area contributed by atoms with Crippen molar-refractivity contribution < 1.29 is 22.6 Å². The molecule has 164 valence electrons. The van der Waals surface area contributed by atoms with Crippen LogP contribution in [0, 0.1) is 0 Å². The van der Waals surface area contributed by atoms with Crippen LogP contribution in [0.4, 0.5) is 24.7 Å². The van der Waals surface area contributed by atoms with Crippen LogP contribution in [-0.2, 0) is 6.18 Å². The van der Waals surface area contributed by atoms with E-state index in [1.807, 2.05) is 6.07 Å². The predicted molar refractivity (Wildman–Crippen MR) is 109 cm³/mol. The van der Waals surface area contributed by atoms with Crippen LogP contribution in [0.15, 0.2) is 30.5 Å². The molecule has 0 saturated heterocycles. The molecule has 1 fully saturated rings. The summed E-state index contributed by atoms with van der Waals surface area (Å²) in [5.41, 5.74) is -0.396. The number of unbranched alkanes of at least 4 members (excludes halogenated alkanes) is 2. The maximum atomic E-state index is 13.7. The SMILES string of the molecule is CCCCCOc1ncc(C(F)(F)F)c(N(C)c2ccccc2OC2CCCC2)n1. The minimum absolute atomic E-state index is 0.0601. The van der Waals surface area contributed by atoms with Crippen molar-refractivity contribution in [3.05, 3.63) is 36.0 Å². The monoisotopic (exact) mass is 423 g/mol. The number of halogens is 3. The fraction of sp³-hybridized carbons (Fsp3) is 0.545. The van der Waals surface area contributed by atoms with Gasteiger partial charge in [-0.1, -0.05) is 31.9 Å². The van der Waals surface area contributed by atoms with Crippen LogP contribution in [0.3, 0.4) is 0 Å². The van der Waals surface area contributed by atoms with Gasteiger partial charge in [0.05, 0.1) is 18.4 Å². The van der Waals surface area contributed by atoms with E-state index in [-0.39, 0.29) is 17.9 Å². The molecule has 2 aromatic rings. The van der Waals surface area contributed by atoms with Gasteiger partial charge >= 0.3 is 12.2 Å². The van der Waals surface area contributed by atoms with E-state index in [0.717, 1.165) is 51.1 Å². The molecule has 0 spiro atoms. The highest BCUT2D eigenvalue weighted by atomic mass is 19.4. The second-order valence-electron chi connectivity index (χ2n) is 7.49. The fourth-order valence-corrected chi connectivity index (χ4v) is 3.53. The third-order valence-corrected chi connectivity index (χ3v) is 5.17. The van der Waals surface area contributed by atoms with Gasteiger partial charge in [-0.15, -0.1) is 0 Å². The molecule has 8 heteroatoms. The first-order valence-corrected chi connectivity index (χ1v) is 10.5. The Balaban J connectivity index is 1.90. The molecule has 0 aliphatic heterocycles. The van der Waals surface area contributed by atoms with E-state index in [4.69, 9.17) is 9.47 Å². The number of para-hydroxylation sites is 2. The van der Waals surface area contributed by atoms with Gasteiger partial charge in [-0.2, -0.15) is 18.2 Å². The van der Waals surface area contributed by atoms with E-state index in [1.165, 1.54) is 4.90 Å². The van der Waals surface area contributed by atoms with Gasteiger partial charge in [0.25, 0.3) is 0 Å². The summed E-state index contributed by atoms with van der Waals surface area (Å²) in [5.74, 6) is 0.287. The van der Waals surface area contributed by atoms with Crippen molar-refractivity contribution >= 4 is 11.5 Å². The second kappa shape index (κ2) is 10.00. The number of anilines is 2. The van der Waals surface area contributed by atoms with E-state index in [0.29, 0.717) is 18.0 Å². The van der Waals surface area contributed by atoms with E-state index in [1.54, 1.807) is 25.2 Å². The number of alkyl halides is 3. The highest BCUT2D eigenvalue weighted by molar-refractivity contribution is 5.68. The molecule has 1 heterocycles. The molecule has 0 unspecified atom stereocenters. The standard InChI is InChI=1S/C22H28F3N3O2/c1-3-4-9-14-29-21-26-15-17(22(23,24)25)20(27-21)28(2)18-12-7-8-13-19(18)30-16-10-5-6-11-16/h7-8,12-13,15-16H,3-6,9-11,14H2,1-2H3. The lowest BCUT2D eigenvalue weighted by molar-refractivity contribution is -0.137. The Kier molecular flexibility index (Phi) is 7.39. The maximum Gasteiger partial charge on any atom is 0.421 e. The largest absolute Gasteiger partial charge is 0.488 e. The van der Waals surface area contributed by atoms with Gasteiger partial charge < -0.3 is 14.4 Å². The summed E-state index contributed by atoms with van der Waals surface area (Å²) in [6.07, 6.45) is 3.18. The van der Waals surface area contributed by atoms with E-state index in [2.05, 4.69) is 16.9 Å². The number of hydrogen-bond donors (Lipinski definition) is 0. The van der Waals surface area contributed by atoms with Gasteiger partial charge in [-0.3, -0.25) is 0 Å². The lowest BCUT2D eigenvalue weighted by atomic mass is 10.2. The smallest absolute Gasteiger partial charge is 0.421 e. The quantitative estimate of drug-likeness (QED) is 0.453. The summed E-state index contributed by atoms with van der Waals surface area (Å²) in [6.45, 7) is 2.43. The predicted octanol–water partition coefficient (Wildman–Crippen LogP) is 6.15. The Morgan fingerprint density at radius 2 is 1.87 bits per heavy atom. The zero-order chi connectivity index (χ0) is 21.6. The van der Waals surface area contributed by atoms with Crippen LogP contribution in [0.2, 0.25) is 0 Å². The molecular weight excluding hydrogens is 395 g/mol. The molecule has 0 atom stereocenters. The zero-order valence-corrected chi connectivity index (χ0v) is 17.4. The Morgan fingerprint density at radius 3 is 2.57 bits per heavy atom. The Morgan fingerprint density at radius 1 is 1.13 bits per heavy atom. The number of hydrogen-bond acceptors (Lipinski definition) is 5. The van der Waals surface area contributed by atoms with Crippen molar-refractivity contribution in [2.24, 2.45) is 0 Å². The molecule has 1 aliphatic rings. The van der Waals surface area contributed by atoms with E-state index < -0.39 is 11.7 Å². The summed E-state index contributed by atoms with van der Waals surface area (Å²) in [4.78, 5) is 9.27. The topological polar surface area (TPSA) is 47.5 Å². The average Bonchev–Trinajstić information content (AvgIpc) is 3.23. The van der Waals surface area contributed by atoms with Crippen LogP contribution in [0.5, 0.6) is 11.8 Å². The third kappa shape index (κ3) is 5.55. The normalized spacial score (nSPS) is 14.7. The number of ether oxygens (including phenoxy) is 2. The van der Waals surface area contributed by atoms with Crippen molar-refractivity contribution in [2.45, 2.75) is 64.1 Å². The van der Waals surface area contributed by atoms with Crippen molar-refractivity contribution in [3.63, 3.8) is 0 Å². The van der Waals surface area contributed by atoms with Crippen LogP contribution in [0.25, 0.3) is 0 Å². The van der Waals surface area contributed by atoms with Gasteiger partial charge in [0, 0.05) is 13.2 Å². The summed E-state index contributed by atoms with van der Waals surface area (Å²) in [7, 11) is 1.55. The second-order valence-corrected chi connectivity index (χ2v) is 7.49. The summed E-state index contributed by atoms with van der Waals surface area (Å²) in [5, 5.41) is 0. The molecular formula is C22H28F3N3O2. The van der Waals surface area contributed by atoms with Gasteiger partial charge in [0.1, 0.15) is 11.3 Å². The van der Waals surface area contributed by atoms with Crippen molar-refractivity contribution in [3.8, 4) is 11.8 Å². The molecule has 3 rings (SSSR count). The summed E-state index contributed by atoms with van der Waals surface area (Å²) in [6, 6.07) is 7.03. The van der Waals surface area contributed by atoms with Crippen LogP contribution in [0.1, 0.15) is 57.4 Å². The lowest BCUT2D eigenvalue weighted by Crippen LogP contribution is -2.21. The zero-order valence-electron chi connectivity index (χ0n) is 17.4. The maximum absolute atomic E-state index is 13.7. The number of nitrogens with zero attached hydrogens (tertiary/aromatic N) is 3. The van der Waals surface area contributed by atoms with Crippen molar-refractivity contribution in [1.29, 1.82) is 0 Å². The summed E-state index contributed by atoms with van der Waals surface area (Å²) < 4.78 is 52.6. The van der Waals surface area contributed by atoms with E-state index in [9.17, 15) is 13.2 Å². The van der Waals surface area contributed by atoms with Gasteiger partial charge in [0.15, 0.2) is 5.82 Å². The minimum atomic E-state index is -4.59. The molecule has 0 bridgehead atoms. The first kappa shape index (κ1) is 22.2. The van der Waals surface area contributed by atoms with Gasteiger partial charge in [-0.05, 0) is 44.2 Å². The molecule has 0 N–H and O–H groups in total.